The molecular formula is C25H28N2O3S. The molecule has 1 aliphatic heterocycles. The van der Waals surface area contributed by atoms with Gasteiger partial charge in [0.05, 0.1) is 26.9 Å². The summed E-state index contributed by atoms with van der Waals surface area (Å²) in [4.78, 5) is 7.34. The van der Waals surface area contributed by atoms with Crippen LogP contribution in [0.1, 0.15) is 36.3 Å². The quantitative estimate of drug-likeness (QED) is 0.441. The maximum absolute atomic E-state index is 10.6. The lowest BCUT2D eigenvalue weighted by Gasteiger charge is -2.38. The van der Waals surface area contributed by atoms with Crippen LogP contribution in [0.2, 0.25) is 0 Å². The molecule has 0 aliphatic carbocycles. The zero-order valence-corrected chi connectivity index (χ0v) is 18.8. The van der Waals surface area contributed by atoms with Crippen LogP contribution in [0, 0.1) is 6.92 Å². The lowest BCUT2D eigenvalue weighted by atomic mass is 9.92. The number of para-hydroxylation sites is 1. The number of likely N-dealkylation sites (tertiary alicyclic amines) is 1. The van der Waals surface area contributed by atoms with E-state index in [0.717, 1.165) is 41.6 Å². The molecule has 1 fully saturated rings. The van der Waals surface area contributed by atoms with Gasteiger partial charge < -0.3 is 14.3 Å². The number of hydrogen-bond donors (Lipinski definition) is 1. The molecule has 3 atom stereocenters. The average Bonchev–Trinajstić information content (AvgIpc) is 3.41. The van der Waals surface area contributed by atoms with Crippen LogP contribution in [0.25, 0.3) is 21.2 Å². The molecule has 4 aromatic rings. The number of aliphatic hydroxyl groups is 1. The third kappa shape index (κ3) is 4.20. The van der Waals surface area contributed by atoms with Crippen LogP contribution in [-0.2, 0) is 0 Å². The summed E-state index contributed by atoms with van der Waals surface area (Å²) in [6, 6.07) is 14.4. The normalized spacial score (nSPS) is 21.0. The highest BCUT2D eigenvalue weighted by molar-refractivity contribution is 7.18. The van der Waals surface area contributed by atoms with Gasteiger partial charge >= 0.3 is 0 Å². The summed E-state index contributed by atoms with van der Waals surface area (Å²) in [7, 11) is 0. The second-order valence-corrected chi connectivity index (χ2v) is 9.65. The SMILES string of the molecule is Cc1cccc2sc([C@H]3CCN(C[C@H](O)COc4cccc5occc45)[C@H](C)C3)nc12. The molecule has 5 rings (SSSR count). The predicted octanol–water partition coefficient (Wildman–Crippen LogP) is 5.36. The second kappa shape index (κ2) is 8.61. The van der Waals surface area contributed by atoms with Gasteiger partial charge in [-0.15, -0.1) is 11.3 Å². The molecule has 0 radical (unpaired) electrons. The number of piperidine rings is 1. The van der Waals surface area contributed by atoms with E-state index >= 15 is 0 Å². The first-order valence-corrected chi connectivity index (χ1v) is 11.8. The molecule has 2 aromatic heterocycles. The number of benzene rings is 2. The number of ether oxygens (including phenoxy) is 1. The number of hydrogen-bond acceptors (Lipinski definition) is 6. The smallest absolute Gasteiger partial charge is 0.137 e. The highest BCUT2D eigenvalue weighted by atomic mass is 32.1. The second-order valence-electron chi connectivity index (χ2n) is 8.59. The first-order valence-electron chi connectivity index (χ1n) is 11.0. The number of furan rings is 1. The molecule has 1 N–H and O–H groups in total. The topological polar surface area (TPSA) is 58.7 Å². The van der Waals surface area contributed by atoms with Crippen LogP contribution in [0.15, 0.2) is 53.1 Å². The molecule has 31 heavy (non-hydrogen) atoms. The van der Waals surface area contributed by atoms with Crippen LogP contribution >= 0.6 is 11.3 Å². The molecule has 1 aliphatic rings. The van der Waals surface area contributed by atoms with E-state index in [1.165, 1.54) is 15.3 Å². The van der Waals surface area contributed by atoms with Gasteiger partial charge in [0.2, 0.25) is 0 Å². The van der Waals surface area contributed by atoms with Crippen molar-refractivity contribution >= 4 is 32.5 Å². The molecule has 5 nitrogen and oxygen atoms in total. The third-order valence-electron chi connectivity index (χ3n) is 6.33. The fourth-order valence-corrected chi connectivity index (χ4v) is 5.79. The minimum Gasteiger partial charge on any atom is -0.490 e. The predicted molar refractivity (Wildman–Crippen MR) is 125 cm³/mol. The number of thiazole rings is 1. The van der Waals surface area contributed by atoms with Crippen LogP contribution in [0.4, 0.5) is 0 Å². The van der Waals surface area contributed by atoms with Gasteiger partial charge in [-0.1, -0.05) is 18.2 Å². The molecule has 0 unspecified atom stereocenters. The molecule has 0 spiro atoms. The Labute approximate surface area is 186 Å². The third-order valence-corrected chi connectivity index (χ3v) is 7.52. The van der Waals surface area contributed by atoms with Gasteiger partial charge in [-0.25, -0.2) is 4.98 Å². The van der Waals surface area contributed by atoms with E-state index in [4.69, 9.17) is 14.1 Å². The number of rotatable bonds is 6. The van der Waals surface area contributed by atoms with Gasteiger partial charge in [0.1, 0.15) is 24.0 Å². The van der Waals surface area contributed by atoms with E-state index in [-0.39, 0.29) is 6.61 Å². The fraction of sp³-hybridized carbons (Fsp3) is 0.400. The van der Waals surface area contributed by atoms with Crippen molar-refractivity contribution in [2.75, 3.05) is 19.7 Å². The standard InChI is InChI=1S/C25H28N2O3S/c1-16-5-3-8-23-24(16)26-25(31-23)18-9-11-27(17(2)13-18)14-19(28)15-30-22-7-4-6-21-20(22)10-12-29-21/h3-8,10,12,17-19,28H,9,11,13-15H2,1-2H3/t17-,18+,19+/m1/s1. The summed E-state index contributed by atoms with van der Waals surface area (Å²) in [6.07, 6.45) is 3.27. The summed E-state index contributed by atoms with van der Waals surface area (Å²) >= 11 is 1.84. The molecule has 162 valence electrons. The van der Waals surface area contributed by atoms with Gasteiger partial charge in [-0.2, -0.15) is 0 Å². The molecule has 3 heterocycles. The molecule has 1 saturated heterocycles. The van der Waals surface area contributed by atoms with Crippen molar-refractivity contribution in [1.29, 1.82) is 0 Å². The summed E-state index contributed by atoms with van der Waals surface area (Å²) in [5.74, 6) is 1.25. The zero-order valence-electron chi connectivity index (χ0n) is 18.0. The van der Waals surface area contributed by atoms with E-state index in [2.05, 4.69) is 36.9 Å². The minimum atomic E-state index is -0.536. The fourth-order valence-electron chi connectivity index (χ4n) is 4.60. The van der Waals surface area contributed by atoms with Crippen molar-refractivity contribution in [1.82, 2.24) is 9.88 Å². The monoisotopic (exact) mass is 436 g/mol. The van der Waals surface area contributed by atoms with Crippen molar-refractivity contribution in [2.45, 2.75) is 44.8 Å². The molecule has 0 saturated carbocycles. The molecule has 0 bridgehead atoms. The summed E-state index contributed by atoms with van der Waals surface area (Å²) < 4.78 is 12.6. The minimum absolute atomic E-state index is 0.272. The Morgan fingerprint density at radius 1 is 1.26 bits per heavy atom. The Bertz CT molecular complexity index is 1180. The van der Waals surface area contributed by atoms with Gasteiger partial charge in [0.15, 0.2) is 0 Å². The van der Waals surface area contributed by atoms with Crippen molar-refractivity contribution in [3.63, 3.8) is 0 Å². The molecule has 2 aromatic carbocycles. The van der Waals surface area contributed by atoms with E-state index in [1.807, 2.05) is 35.6 Å². The Morgan fingerprint density at radius 3 is 2.97 bits per heavy atom. The maximum atomic E-state index is 10.6. The number of aliphatic hydroxyl groups excluding tert-OH is 1. The Morgan fingerprint density at radius 2 is 2.13 bits per heavy atom. The van der Waals surface area contributed by atoms with E-state index in [0.29, 0.717) is 18.5 Å². The first kappa shape index (κ1) is 20.5. The maximum Gasteiger partial charge on any atom is 0.137 e. The number of nitrogens with zero attached hydrogens (tertiary/aromatic N) is 2. The Kier molecular flexibility index (Phi) is 5.69. The van der Waals surface area contributed by atoms with Gasteiger partial charge in [0, 0.05) is 18.5 Å². The van der Waals surface area contributed by atoms with Crippen molar-refractivity contribution in [3.05, 3.63) is 59.3 Å². The van der Waals surface area contributed by atoms with E-state index in [1.54, 1.807) is 6.26 Å². The number of aromatic nitrogens is 1. The lowest BCUT2D eigenvalue weighted by molar-refractivity contribution is 0.0405. The summed E-state index contributed by atoms with van der Waals surface area (Å²) in [6.45, 7) is 6.25. The van der Waals surface area contributed by atoms with Crippen molar-refractivity contribution in [3.8, 4) is 5.75 Å². The highest BCUT2D eigenvalue weighted by Crippen LogP contribution is 2.36. The van der Waals surface area contributed by atoms with Gasteiger partial charge in [-0.3, -0.25) is 4.90 Å². The number of aryl methyl sites for hydroxylation is 1. The zero-order chi connectivity index (χ0) is 21.4. The van der Waals surface area contributed by atoms with E-state index in [9.17, 15) is 5.11 Å². The summed E-state index contributed by atoms with van der Waals surface area (Å²) in [5, 5.41) is 12.8. The van der Waals surface area contributed by atoms with Crippen LogP contribution < -0.4 is 4.74 Å². The first-order chi connectivity index (χ1) is 15.1. The van der Waals surface area contributed by atoms with Gasteiger partial charge in [0.25, 0.3) is 0 Å². The van der Waals surface area contributed by atoms with Crippen LogP contribution in [0.3, 0.4) is 0 Å². The van der Waals surface area contributed by atoms with Crippen LogP contribution in [-0.4, -0.2) is 46.8 Å². The van der Waals surface area contributed by atoms with Crippen molar-refractivity contribution in [2.24, 2.45) is 0 Å². The molecule has 6 heteroatoms. The molecular weight excluding hydrogens is 408 g/mol. The van der Waals surface area contributed by atoms with E-state index < -0.39 is 6.10 Å². The Hall–Kier alpha value is -2.41. The summed E-state index contributed by atoms with van der Waals surface area (Å²) in [5.41, 5.74) is 3.20. The molecule has 0 amide bonds. The van der Waals surface area contributed by atoms with Gasteiger partial charge in [-0.05, 0) is 63.1 Å². The average molecular weight is 437 g/mol. The largest absolute Gasteiger partial charge is 0.490 e. The number of fused-ring (bicyclic) bond motifs is 2. The lowest BCUT2D eigenvalue weighted by Crippen LogP contribution is -2.45. The number of β-amino-alcohol motifs (C(OH)–C–C–N with tert-alkyl or cyclic N) is 1. The van der Waals surface area contributed by atoms with Crippen LogP contribution in [0.5, 0.6) is 5.75 Å². The Balaban J connectivity index is 1.18. The highest BCUT2D eigenvalue weighted by Gasteiger charge is 2.29. The van der Waals surface area contributed by atoms with Crippen molar-refractivity contribution < 1.29 is 14.3 Å².